The highest BCUT2D eigenvalue weighted by atomic mass is 35.5. The Morgan fingerprint density at radius 2 is 2.33 bits per heavy atom. The Bertz CT molecular complexity index is 336. The summed E-state index contributed by atoms with van der Waals surface area (Å²) < 4.78 is 4.83. The molecule has 0 aliphatic carbocycles. The van der Waals surface area contributed by atoms with E-state index < -0.39 is 0 Å². The van der Waals surface area contributed by atoms with E-state index in [-0.39, 0.29) is 23.1 Å². The van der Waals surface area contributed by atoms with Gasteiger partial charge in [-0.2, -0.15) is 0 Å². The van der Waals surface area contributed by atoms with Gasteiger partial charge in [0.2, 0.25) is 5.22 Å². The number of halogens is 1. The lowest BCUT2D eigenvalue weighted by Crippen LogP contribution is -2.43. The number of nitrogens with one attached hydrogen (secondary N) is 1. The van der Waals surface area contributed by atoms with E-state index in [4.69, 9.17) is 21.8 Å². The van der Waals surface area contributed by atoms with E-state index in [1.165, 1.54) is 12.3 Å². The number of nitrogens with two attached hydrogens (primary N) is 1. The van der Waals surface area contributed by atoms with Gasteiger partial charge in [-0.1, -0.05) is 13.8 Å². The average molecular weight is 231 g/mol. The molecule has 15 heavy (non-hydrogen) atoms. The summed E-state index contributed by atoms with van der Waals surface area (Å²) in [5.41, 5.74) is 5.89. The lowest BCUT2D eigenvalue weighted by atomic mass is 10.0. The number of amides is 1. The van der Waals surface area contributed by atoms with E-state index in [1.54, 1.807) is 0 Å². The largest absolute Gasteiger partial charge is 0.452 e. The SMILES string of the molecule is CC(C)C(CN)NC(=O)c1ccoc1Cl. The Labute approximate surface area is 93.8 Å². The van der Waals surface area contributed by atoms with Gasteiger partial charge in [-0.25, -0.2) is 0 Å². The summed E-state index contributed by atoms with van der Waals surface area (Å²) in [6, 6.07) is 1.48. The third-order valence-electron chi connectivity index (χ3n) is 2.24. The normalized spacial score (nSPS) is 12.9. The van der Waals surface area contributed by atoms with Gasteiger partial charge in [0, 0.05) is 12.6 Å². The molecule has 0 radical (unpaired) electrons. The maximum atomic E-state index is 11.7. The number of rotatable bonds is 4. The van der Waals surface area contributed by atoms with Crippen LogP contribution in [0.15, 0.2) is 16.7 Å². The van der Waals surface area contributed by atoms with Crippen molar-refractivity contribution in [3.63, 3.8) is 0 Å². The lowest BCUT2D eigenvalue weighted by Gasteiger charge is -2.19. The van der Waals surface area contributed by atoms with Gasteiger partial charge in [-0.05, 0) is 23.6 Å². The molecule has 0 spiro atoms. The van der Waals surface area contributed by atoms with Crippen LogP contribution in [-0.2, 0) is 0 Å². The summed E-state index contributed by atoms with van der Waals surface area (Å²) in [5, 5.41) is 2.90. The van der Waals surface area contributed by atoms with Crippen LogP contribution in [0.1, 0.15) is 24.2 Å². The number of furan rings is 1. The zero-order chi connectivity index (χ0) is 11.4. The molecular weight excluding hydrogens is 216 g/mol. The highest BCUT2D eigenvalue weighted by Crippen LogP contribution is 2.16. The van der Waals surface area contributed by atoms with Crippen molar-refractivity contribution in [1.29, 1.82) is 0 Å². The molecule has 1 amide bonds. The molecule has 0 aromatic carbocycles. The van der Waals surface area contributed by atoms with E-state index in [2.05, 4.69) is 5.32 Å². The quantitative estimate of drug-likeness (QED) is 0.827. The maximum absolute atomic E-state index is 11.7. The Kier molecular flexibility index (Phi) is 4.17. The first-order valence-electron chi connectivity index (χ1n) is 4.80. The van der Waals surface area contributed by atoms with Crippen molar-refractivity contribution in [2.24, 2.45) is 11.7 Å². The summed E-state index contributed by atoms with van der Waals surface area (Å²) in [4.78, 5) is 11.7. The van der Waals surface area contributed by atoms with Gasteiger partial charge in [0.05, 0.1) is 11.8 Å². The van der Waals surface area contributed by atoms with Gasteiger partial charge in [0.15, 0.2) is 0 Å². The van der Waals surface area contributed by atoms with E-state index in [9.17, 15) is 4.79 Å². The third kappa shape index (κ3) is 2.97. The highest BCUT2D eigenvalue weighted by molar-refractivity contribution is 6.32. The van der Waals surface area contributed by atoms with Crippen LogP contribution in [0.3, 0.4) is 0 Å². The molecule has 84 valence electrons. The lowest BCUT2D eigenvalue weighted by molar-refractivity contribution is 0.0927. The van der Waals surface area contributed by atoms with Crippen molar-refractivity contribution in [3.8, 4) is 0 Å². The first-order chi connectivity index (χ1) is 7.06. The van der Waals surface area contributed by atoms with Gasteiger partial charge in [-0.3, -0.25) is 4.79 Å². The molecule has 0 saturated carbocycles. The minimum atomic E-state index is -0.252. The van der Waals surface area contributed by atoms with Crippen molar-refractivity contribution in [3.05, 3.63) is 23.1 Å². The monoisotopic (exact) mass is 230 g/mol. The number of carbonyl (C=O) groups excluding carboxylic acids is 1. The Balaban J connectivity index is 2.67. The predicted octanol–water partition coefficient (Wildman–Crippen LogP) is 1.65. The minimum Gasteiger partial charge on any atom is -0.452 e. The molecule has 0 aliphatic heterocycles. The molecule has 1 aromatic heterocycles. The first kappa shape index (κ1) is 12.1. The maximum Gasteiger partial charge on any atom is 0.256 e. The summed E-state index contributed by atoms with van der Waals surface area (Å²) in [6.07, 6.45) is 1.38. The van der Waals surface area contributed by atoms with Crippen LogP contribution in [0.25, 0.3) is 0 Å². The first-order valence-corrected chi connectivity index (χ1v) is 5.18. The van der Waals surface area contributed by atoms with Crippen LogP contribution in [-0.4, -0.2) is 18.5 Å². The molecule has 0 fully saturated rings. The van der Waals surface area contributed by atoms with Gasteiger partial charge in [0.25, 0.3) is 5.91 Å². The van der Waals surface area contributed by atoms with Crippen LogP contribution < -0.4 is 11.1 Å². The fraction of sp³-hybridized carbons (Fsp3) is 0.500. The minimum absolute atomic E-state index is 0.0523. The zero-order valence-corrected chi connectivity index (χ0v) is 9.54. The third-order valence-corrected chi connectivity index (χ3v) is 2.53. The molecule has 5 heteroatoms. The molecule has 3 N–H and O–H groups in total. The molecule has 1 aromatic rings. The van der Waals surface area contributed by atoms with E-state index in [1.807, 2.05) is 13.8 Å². The van der Waals surface area contributed by atoms with Crippen LogP contribution in [0.5, 0.6) is 0 Å². The van der Waals surface area contributed by atoms with Crippen LogP contribution in [0.2, 0.25) is 5.22 Å². The standard InChI is InChI=1S/C10H15ClN2O2/c1-6(2)8(5-12)13-10(14)7-3-4-15-9(7)11/h3-4,6,8H,5,12H2,1-2H3,(H,13,14). The number of carbonyl (C=O) groups is 1. The van der Waals surface area contributed by atoms with E-state index in [0.717, 1.165) is 0 Å². The van der Waals surface area contributed by atoms with Crippen molar-refractivity contribution in [1.82, 2.24) is 5.32 Å². The van der Waals surface area contributed by atoms with Crippen LogP contribution in [0, 0.1) is 5.92 Å². The molecular formula is C10H15ClN2O2. The number of hydrogen-bond acceptors (Lipinski definition) is 3. The molecule has 1 atom stereocenters. The summed E-state index contributed by atoms with van der Waals surface area (Å²) >= 11 is 5.68. The van der Waals surface area contributed by atoms with Crippen LogP contribution in [0.4, 0.5) is 0 Å². The second kappa shape index (κ2) is 5.19. The molecule has 0 saturated heterocycles. The molecule has 1 rings (SSSR count). The Morgan fingerprint density at radius 1 is 1.67 bits per heavy atom. The fourth-order valence-corrected chi connectivity index (χ4v) is 1.40. The Hall–Kier alpha value is -1.00. The smallest absolute Gasteiger partial charge is 0.256 e. The highest BCUT2D eigenvalue weighted by Gasteiger charge is 2.18. The van der Waals surface area contributed by atoms with Gasteiger partial charge in [0.1, 0.15) is 0 Å². The molecule has 1 heterocycles. The summed E-state index contributed by atoms with van der Waals surface area (Å²) in [7, 11) is 0. The zero-order valence-electron chi connectivity index (χ0n) is 8.79. The van der Waals surface area contributed by atoms with Crippen molar-refractivity contribution < 1.29 is 9.21 Å². The van der Waals surface area contributed by atoms with Gasteiger partial charge < -0.3 is 15.5 Å². The van der Waals surface area contributed by atoms with Gasteiger partial charge >= 0.3 is 0 Å². The summed E-state index contributed by atoms with van der Waals surface area (Å²) in [6.45, 7) is 4.39. The van der Waals surface area contributed by atoms with Crippen molar-refractivity contribution >= 4 is 17.5 Å². The van der Waals surface area contributed by atoms with Crippen LogP contribution >= 0.6 is 11.6 Å². The molecule has 0 bridgehead atoms. The van der Waals surface area contributed by atoms with Gasteiger partial charge in [-0.15, -0.1) is 0 Å². The second-order valence-corrected chi connectivity index (χ2v) is 4.01. The van der Waals surface area contributed by atoms with Crippen molar-refractivity contribution in [2.45, 2.75) is 19.9 Å². The Morgan fingerprint density at radius 3 is 2.73 bits per heavy atom. The second-order valence-electron chi connectivity index (χ2n) is 3.67. The molecule has 0 aliphatic rings. The predicted molar refractivity (Wildman–Crippen MR) is 58.9 cm³/mol. The number of hydrogen-bond donors (Lipinski definition) is 2. The van der Waals surface area contributed by atoms with E-state index >= 15 is 0 Å². The molecule has 4 nitrogen and oxygen atoms in total. The fourth-order valence-electron chi connectivity index (χ4n) is 1.20. The average Bonchev–Trinajstić information content (AvgIpc) is 2.60. The summed E-state index contributed by atoms with van der Waals surface area (Å²) in [5.74, 6) is 0.0301. The van der Waals surface area contributed by atoms with E-state index in [0.29, 0.717) is 12.1 Å². The topological polar surface area (TPSA) is 68.3 Å². The van der Waals surface area contributed by atoms with Crippen molar-refractivity contribution in [2.75, 3.05) is 6.54 Å². The molecule has 1 unspecified atom stereocenters.